The molecule has 0 saturated carbocycles. The number of rotatable bonds is 6. The summed E-state index contributed by atoms with van der Waals surface area (Å²) in [7, 11) is 0. The lowest BCUT2D eigenvalue weighted by Gasteiger charge is -2.26. The number of aliphatic hydroxyl groups excluding tert-OH is 3. The van der Waals surface area contributed by atoms with Crippen LogP contribution in [0.25, 0.3) is 0 Å². The van der Waals surface area contributed by atoms with E-state index in [0.717, 1.165) is 0 Å². The summed E-state index contributed by atoms with van der Waals surface area (Å²) in [5.74, 6) is -0.491. The Hall–Kier alpha value is -0.450. The van der Waals surface area contributed by atoms with Crippen LogP contribution in [0.4, 0.5) is 0 Å². The van der Waals surface area contributed by atoms with Gasteiger partial charge in [0.1, 0.15) is 6.61 Å². The first kappa shape index (κ1) is 11.6. The molecule has 12 heavy (non-hydrogen) atoms. The molecular weight excluding hydrogens is 160 g/mol. The molecular formula is C8H16O4. The highest BCUT2D eigenvalue weighted by Crippen LogP contribution is 2.23. The fourth-order valence-electron chi connectivity index (χ4n) is 1.17. The quantitative estimate of drug-likeness (QED) is 0.501. The van der Waals surface area contributed by atoms with Crippen LogP contribution in [0.2, 0.25) is 0 Å². The van der Waals surface area contributed by atoms with Gasteiger partial charge in [0.25, 0.3) is 0 Å². The third-order valence-electron chi connectivity index (χ3n) is 2.07. The molecule has 3 N–H and O–H groups in total. The summed E-state index contributed by atoms with van der Waals surface area (Å²) in [6.07, 6.45) is 1.09. The summed E-state index contributed by atoms with van der Waals surface area (Å²) in [5.41, 5.74) is -1.14. The average Bonchev–Trinajstić information content (AvgIpc) is 2.13. The molecule has 0 amide bonds. The number of ketones is 1. The van der Waals surface area contributed by atoms with Gasteiger partial charge >= 0.3 is 0 Å². The number of carbonyl (C=O) groups excluding carboxylic acids is 1. The topological polar surface area (TPSA) is 77.8 Å². The monoisotopic (exact) mass is 176 g/mol. The molecule has 0 rings (SSSR count). The van der Waals surface area contributed by atoms with Crippen molar-refractivity contribution in [1.29, 1.82) is 0 Å². The maximum Gasteiger partial charge on any atom is 0.168 e. The van der Waals surface area contributed by atoms with Crippen molar-refractivity contribution in [2.75, 3.05) is 19.8 Å². The average molecular weight is 176 g/mol. The van der Waals surface area contributed by atoms with Gasteiger partial charge in [0, 0.05) is 0 Å². The molecule has 0 spiro atoms. The van der Waals surface area contributed by atoms with Crippen molar-refractivity contribution in [3.8, 4) is 0 Å². The zero-order valence-corrected chi connectivity index (χ0v) is 7.29. The SMILES string of the molecule is CCCC(CO)(CO)C(=O)CO. The van der Waals surface area contributed by atoms with E-state index in [1.807, 2.05) is 6.92 Å². The van der Waals surface area contributed by atoms with Crippen molar-refractivity contribution in [2.45, 2.75) is 19.8 Å². The van der Waals surface area contributed by atoms with E-state index in [0.29, 0.717) is 12.8 Å². The first-order valence-corrected chi connectivity index (χ1v) is 4.02. The van der Waals surface area contributed by atoms with Gasteiger partial charge in [-0.15, -0.1) is 0 Å². The second-order valence-electron chi connectivity index (χ2n) is 2.93. The van der Waals surface area contributed by atoms with E-state index in [1.54, 1.807) is 0 Å². The highest BCUT2D eigenvalue weighted by molar-refractivity contribution is 5.86. The van der Waals surface area contributed by atoms with Crippen molar-refractivity contribution >= 4 is 5.78 Å². The van der Waals surface area contributed by atoms with Crippen LogP contribution in [0.5, 0.6) is 0 Å². The van der Waals surface area contributed by atoms with E-state index in [1.165, 1.54) is 0 Å². The zero-order chi connectivity index (χ0) is 9.61. The molecule has 0 aliphatic carbocycles. The molecule has 0 aromatic carbocycles. The van der Waals surface area contributed by atoms with E-state index in [-0.39, 0.29) is 0 Å². The summed E-state index contributed by atoms with van der Waals surface area (Å²) in [5, 5.41) is 26.4. The molecule has 0 saturated heterocycles. The normalized spacial score (nSPS) is 11.7. The summed E-state index contributed by atoms with van der Waals surface area (Å²) >= 11 is 0. The van der Waals surface area contributed by atoms with Crippen LogP contribution in [0.1, 0.15) is 19.8 Å². The molecule has 0 aliphatic heterocycles. The largest absolute Gasteiger partial charge is 0.395 e. The van der Waals surface area contributed by atoms with Gasteiger partial charge in [0.15, 0.2) is 5.78 Å². The van der Waals surface area contributed by atoms with Crippen molar-refractivity contribution in [1.82, 2.24) is 0 Å². The van der Waals surface area contributed by atoms with Gasteiger partial charge in [-0.25, -0.2) is 0 Å². The molecule has 0 atom stereocenters. The minimum Gasteiger partial charge on any atom is -0.395 e. The van der Waals surface area contributed by atoms with Gasteiger partial charge in [0.05, 0.1) is 18.6 Å². The van der Waals surface area contributed by atoms with Crippen LogP contribution in [0.15, 0.2) is 0 Å². The third-order valence-corrected chi connectivity index (χ3v) is 2.07. The molecule has 0 unspecified atom stereocenters. The molecule has 4 nitrogen and oxygen atoms in total. The zero-order valence-electron chi connectivity index (χ0n) is 7.29. The smallest absolute Gasteiger partial charge is 0.168 e. The predicted octanol–water partition coefficient (Wildman–Crippen LogP) is -0.681. The highest BCUT2D eigenvalue weighted by atomic mass is 16.3. The maximum atomic E-state index is 11.1. The van der Waals surface area contributed by atoms with Gasteiger partial charge in [-0.3, -0.25) is 4.79 Å². The Bertz CT molecular complexity index is 140. The maximum absolute atomic E-state index is 11.1. The van der Waals surface area contributed by atoms with E-state index in [9.17, 15) is 4.79 Å². The molecule has 0 aromatic rings. The first-order valence-electron chi connectivity index (χ1n) is 4.02. The van der Waals surface area contributed by atoms with Crippen LogP contribution >= 0.6 is 0 Å². The Labute approximate surface area is 71.8 Å². The predicted molar refractivity (Wildman–Crippen MR) is 43.6 cm³/mol. The van der Waals surface area contributed by atoms with Gasteiger partial charge < -0.3 is 15.3 Å². The number of hydrogen-bond acceptors (Lipinski definition) is 4. The van der Waals surface area contributed by atoms with E-state index in [2.05, 4.69) is 0 Å². The van der Waals surface area contributed by atoms with Gasteiger partial charge in [0.2, 0.25) is 0 Å². The molecule has 72 valence electrons. The van der Waals surface area contributed by atoms with Gasteiger partial charge in [-0.1, -0.05) is 13.3 Å². The second kappa shape index (κ2) is 5.24. The summed E-state index contributed by atoms with van der Waals surface area (Å²) < 4.78 is 0. The van der Waals surface area contributed by atoms with E-state index < -0.39 is 31.0 Å². The lowest BCUT2D eigenvalue weighted by Crippen LogP contribution is -2.40. The Kier molecular flexibility index (Phi) is 5.04. The molecule has 0 heterocycles. The fourth-order valence-corrected chi connectivity index (χ4v) is 1.17. The lowest BCUT2D eigenvalue weighted by atomic mass is 9.81. The molecule has 0 bridgehead atoms. The van der Waals surface area contributed by atoms with Crippen LogP contribution in [-0.2, 0) is 4.79 Å². The third kappa shape index (κ3) is 2.27. The molecule has 0 radical (unpaired) electrons. The van der Waals surface area contributed by atoms with Crippen LogP contribution in [0.3, 0.4) is 0 Å². The molecule has 0 aromatic heterocycles. The Morgan fingerprint density at radius 3 is 2.00 bits per heavy atom. The minimum absolute atomic E-state index is 0.402. The van der Waals surface area contributed by atoms with Gasteiger partial charge in [-0.2, -0.15) is 0 Å². The molecule has 0 fully saturated rings. The van der Waals surface area contributed by atoms with Crippen molar-refractivity contribution < 1.29 is 20.1 Å². The number of aliphatic hydroxyl groups is 3. The minimum atomic E-state index is -1.14. The van der Waals surface area contributed by atoms with Crippen LogP contribution in [-0.4, -0.2) is 40.9 Å². The number of carbonyl (C=O) groups is 1. The number of hydrogen-bond donors (Lipinski definition) is 3. The van der Waals surface area contributed by atoms with Gasteiger partial charge in [-0.05, 0) is 6.42 Å². The van der Waals surface area contributed by atoms with Crippen molar-refractivity contribution in [3.05, 3.63) is 0 Å². The van der Waals surface area contributed by atoms with Crippen LogP contribution in [0, 0.1) is 5.41 Å². The summed E-state index contributed by atoms with van der Waals surface area (Å²) in [6.45, 7) is 0.416. The first-order chi connectivity index (χ1) is 5.66. The Morgan fingerprint density at radius 1 is 1.25 bits per heavy atom. The number of Topliss-reactive ketones (excluding diaryl/α,β-unsaturated/α-hetero) is 1. The Morgan fingerprint density at radius 2 is 1.75 bits per heavy atom. The fraction of sp³-hybridized carbons (Fsp3) is 0.875. The van der Waals surface area contributed by atoms with Crippen LogP contribution < -0.4 is 0 Å². The van der Waals surface area contributed by atoms with Crippen molar-refractivity contribution in [2.24, 2.45) is 5.41 Å². The summed E-state index contributed by atoms with van der Waals surface area (Å²) in [6, 6.07) is 0. The highest BCUT2D eigenvalue weighted by Gasteiger charge is 2.35. The second-order valence-corrected chi connectivity index (χ2v) is 2.93. The molecule has 0 aliphatic rings. The van der Waals surface area contributed by atoms with E-state index in [4.69, 9.17) is 15.3 Å². The van der Waals surface area contributed by atoms with E-state index >= 15 is 0 Å². The Balaban J connectivity index is 4.44. The summed E-state index contributed by atoms with van der Waals surface area (Å²) in [4.78, 5) is 11.1. The lowest BCUT2D eigenvalue weighted by molar-refractivity contribution is -0.137. The van der Waals surface area contributed by atoms with Crippen molar-refractivity contribution in [3.63, 3.8) is 0 Å². The molecule has 4 heteroatoms. The standard InChI is InChI=1S/C8H16O4/c1-2-3-8(5-10,6-11)7(12)4-9/h9-11H,2-6H2,1H3.